The molecule has 1 heterocycles. The van der Waals surface area contributed by atoms with Gasteiger partial charge in [0.2, 0.25) is 0 Å². The number of likely N-dealkylation sites (tertiary alicyclic amines) is 1. The van der Waals surface area contributed by atoms with Gasteiger partial charge in [-0.3, -0.25) is 4.90 Å². The van der Waals surface area contributed by atoms with Crippen LogP contribution in [-0.2, 0) is 6.54 Å². The first-order valence-electron chi connectivity index (χ1n) is 6.56. The third-order valence-corrected chi connectivity index (χ3v) is 3.84. The van der Waals surface area contributed by atoms with E-state index in [4.69, 9.17) is 11.6 Å². The molecule has 1 aliphatic heterocycles. The summed E-state index contributed by atoms with van der Waals surface area (Å²) in [6, 6.07) is 5.64. The highest BCUT2D eigenvalue weighted by Gasteiger charge is 2.17. The van der Waals surface area contributed by atoms with E-state index in [1.165, 1.54) is 25.9 Å². The van der Waals surface area contributed by atoms with Gasteiger partial charge in [-0.05, 0) is 38.9 Å². The molecule has 0 bridgehead atoms. The zero-order chi connectivity index (χ0) is 13.0. The molecule has 0 saturated carbocycles. The highest BCUT2D eigenvalue weighted by Crippen LogP contribution is 2.17. The van der Waals surface area contributed by atoms with Gasteiger partial charge >= 0.3 is 0 Å². The summed E-state index contributed by atoms with van der Waals surface area (Å²) in [6.07, 6.45) is 2.60. The average molecular weight is 271 g/mol. The predicted octanol–water partition coefficient (Wildman–Crippen LogP) is 3.05. The summed E-state index contributed by atoms with van der Waals surface area (Å²) >= 11 is 5.75. The fraction of sp³-hybridized carbons (Fsp3) is 0.571. The van der Waals surface area contributed by atoms with Crippen molar-refractivity contribution in [3.63, 3.8) is 0 Å². The van der Waals surface area contributed by atoms with Crippen molar-refractivity contribution in [2.75, 3.05) is 19.6 Å². The van der Waals surface area contributed by atoms with Crippen LogP contribution in [0.25, 0.3) is 0 Å². The Hall–Kier alpha value is -0.640. The number of hydrogen-bond acceptors (Lipinski definition) is 2. The van der Waals surface area contributed by atoms with Crippen LogP contribution in [-0.4, -0.2) is 30.6 Å². The fourth-order valence-electron chi connectivity index (χ4n) is 2.41. The van der Waals surface area contributed by atoms with Gasteiger partial charge in [0.1, 0.15) is 5.82 Å². The van der Waals surface area contributed by atoms with E-state index < -0.39 is 0 Å². The first-order chi connectivity index (χ1) is 8.68. The van der Waals surface area contributed by atoms with Crippen molar-refractivity contribution in [1.82, 2.24) is 10.2 Å². The van der Waals surface area contributed by atoms with Crippen molar-refractivity contribution < 1.29 is 4.39 Å². The molecular formula is C14H20ClFN2. The van der Waals surface area contributed by atoms with E-state index in [1.54, 1.807) is 18.2 Å². The lowest BCUT2D eigenvalue weighted by Gasteiger charge is -2.24. The molecule has 2 rings (SSSR count). The van der Waals surface area contributed by atoms with Crippen LogP contribution in [0.15, 0.2) is 18.2 Å². The Balaban J connectivity index is 1.79. The molecule has 2 nitrogen and oxygen atoms in total. The van der Waals surface area contributed by atoms with Gasteiger partial charge in [0.25, 0.3) is 0 Å². The molecule has 1 saturated heterocycles. The van der Waals surface area contributed by atoms with Crippen LogP contribution < -0.4 is 5.32 Å². The minimum Gasteiger partial charge on any atom is -0.311 e. The number of rotatable bonds is 5. The third-order valence-electron chi connectivity index (χ3n) is 3.55. The quantitative estimate of drug-likeness (QED) is 0.885. The van der Waals surface area contributed by atoms with Gasteiger partial charge in [-0.25, -0.2) is 4.39 Å². The monoisotopic (exact) mass is 270 g/mol. The molecule has 1 fully saturated rings. The minimum atomic E-state index is -0.305. The Bertz CT molecular complexity index is 391. The lowest BCUT2D eigenvalue weighted by molar-refractivity contribution is 0.251. The molecular weight excluding hydrogens is 251 g/mol. The Morgan fingerprint density at radius 1 is 1.39 bits per heavy atom. The van der Waals surface area contributed by atoms with E-state index in [0.29, 0.717) is 18.2 Å². The number of nitrogens with zero attached hydrogens (tertiary/aromatic N) is 1. The standard InChI is InChI=1S/C14H20ClFN2/c1-11(18-7-2-3-8-18)9-17-10-12-5-4-6-13(15)14(12)16/h4-6,11,17H,2-3,7-10H2,1H3. The largest absolute Gasteiger partial charge is 0.311 e. The van der Waals surface area contributed by atoms with Gasteiger partial charge in [-0.1, -0.05) is 23.7 Å². The Labute approximate surface area is 113 Å². The first-order valence-corrected chi connectivity index (χ1v) is 6.94. The molecule has 0 amide bonds. The molecule has 0 aromatic heterocycles. The molecule has 1 aliphatic rings. The SMILES string of the molecule is CC(CNCc1cccc(Cl)c1F)N1CCCC1. The van der Waals surface area contributed by atoms with E-state index in [1.807, 2.05) is 0 Å². The molecule has 0 aliphatic carbocycles. The van der Waals surface area contributed by atoms with Crippen molar-refractivity contribution in [3.8, 4) is 0 Å². The Kier molecular flexibility index (Phi) is 4.98. The van der Waals surface area contributed by atoms with E-state index in [9.17, 15) is 4.39 Å². The summed E-state index contributed by atoms with van der Waals surface area (Å²) in [5.41, 5.74) is 0.635. The summed E-state index contributed by atoms with van der Waals surface area (Å²) < 4.78 is 13.6. The van der Waals surface area contributed by atoms with Crippen LogP contribution in [0.2, 0.25) is 5.02 Å². The maximum atomic E-state index is 13.6. The van der Waals surface area contributed by atoms with E-state index in [2.05, 4.69) is 17.1 Å². The van der Waals surface area contributed by atoms with Crippen LogP contribution in [0.3, 0.4) is 0 Å². The molecule has 4 heteroatoms. The van der Waals surface area contributed by atoms with Gasteiger partial charge < -0.3 is 5.32 Å². The summed E-state index contributed by atoms with van der Waals surface area (Å²) in [7, 11) is 0. The Morgan fingerprint density at radius 2 is 2.11 bits per heavy atom. The summed E-state index contributed by atoms with van der Waals surface area (Å²) in [5.74, 6) is -0.305. The first kappa shape index (κ1) is 13.8. The molecule has 1 N–H and O–H groups in total. The van der Waals surface area contributed by atoms with E-state index in [-0.39, 0.29) is 10.8 Å². The van der Waals surface area contributed by atoms with Crippen LogP contribution in [0, 0.1) is 5.82 Å². The zero-order valence-electron chi connectivity index (χ0n) is 10.8. The molecule has 1 aromatic carbocycles. The molecule has 1 aromatic rings. The molecule has 0 spiro atoms. The third kappa shape index (κ3) is 3.44. The highest BCUT2D eigenvalue weighted by molar-refractivity contribution is 6.30. The van der Waals surface area contributed by atoms with Gasteiger partial charge in [-0.2, -0.15) is 0 Å². The second-order valence-electron chi connectivity index (χ2n) is 4.94. The molecule has 1 unspecified atom stereocenters. The van der Waals surface area contributed by atoms with Crippen LogP contribution in [0.4, 0.5) is 4.39 Å². The fourth-order valence-corrected chi connectivity index (χ4v) is 2.61. The van der Waals surface area contributed by atoms with Crippen molar-refractivity contribution in [1.29, 1.82) is 0 Å². The summed E-state index contributed by atoms with van der Waals surface area (Å²) in [4.78, 5) is 2.47. The predicted molar refractivity (Wildman–Crippen MR) is 73.4 cm³/mol. The van der Waals surface area contributed by atoms with E-state index in [0.717, 1.165) is 6.54 Å². The lowest BCUT2D eigenvalue weighted by atomic mass is 10.2. The van der Waals surface area contributed by atoms with Gasteiger partial charge in [0.05, 0.1) is 5.02 Å². The lowest BCUT2D eigenvalue weighted by Crippen LogP contribution is -2.38. The smallest absolute Gasteiger partial charge is 0.146 e. The topological polar surface area (TPSA) is 15.3 Å². The molecule has 18 heavy (non-hydrogen) atoms. The van der Waals surface area contributed by atoms with Crippen molar-refractivity contribution in [2.45, 2.75) is 32.4 Å². The Morgan fingerprint density at radius 3 is 2.83 bits per heavy atom. The van der Waals surface area contributed by atoms with Crippen LogP contribution >= 0.6 is 11.6 Å². The second kappa shape index (κ2) is 6.50. The van der Waals surface area contributed by atoms with Gasteiger partial charge in [0, 0.05) is 24.7 Å². The second-order valence-corrected chi connectivity index (χ2v) is 5.34. The summed E-state index contributed by atoms with van der Waals surface area (Å²) in [5, 5.41) is 3.50. The molecule has 1 atom stereocenters. The number of nitrogens with one attached hydrogen (secondary N) is 1. The maximum absolute atomic E-state index is 13.6. The van der Waals surface area contributed by atoms with E-state index >= 15 is 0 Å². The summed E-state index contributed by atoms with van der Waals surface area (Å²) in [6.45, 7) is 6.01. The minimum absolute atomic E-state index is 0.196. The molecule has 0 radical (unpaired) electrons. The van der Waals surface area contributed by atoms with Crippen molar-refractivity contribution in [2.24, 2.45) is 0 Å². The van der Waals surface area contributed by atoms with Crippen LogP contribution in [0.5, 0.6) is 0 Å². The highest BCUT2D eigenvalue weighted by atomic mass is 35.5. The maximum Gasteiger partial charge on any atom is 0.146 e. The zero-order valence-corrected chi connectivity index (χ0v) is 11.5. The van der Waals surface area contributed by atoms with Gasteiger partial charge in [0.15, 0.2) is 0 Å². The van der Waals surface area contributed by atoms with Gasteiger partial charge in [-0.15, -0.1) is 0 Å². The normalized spacial score (nSPS) is 18.2. The number of benzene rings is 1. The van der Waals surface area contributed by atoms with Crippen LogP contribution in [0.1, 0.15) is 25.3 Å². The average Bonchev–Trinajstić information content (AvgIpc) is 2.88. The molecule has 100 valence electrons. The number of halogens is 2. The van der Waals surface area contributed by atoms with Crippen molar-refractivity contribution >= 4 is 11.6 Å². The van der Waals surface area contributed by atoms with Crippen molar-refractivity contribution in [3.05, 3.63) is 34.6 Å². The number of hydrogen-bond donors (Lipinski definition) is 1.